The molecule has 0 aliphatic carbocycles. The average Bonchev–Trinajstić information content (AvgIpc) is 2.46. The van der Waals surface area contributed by atoms with Crippen LogP contribution in [0.15, 0.2) is 23.1 Å². The molecule has 1 aromatic rings. The van der Waals surface area contributed by atoms with Gasteiger partial charge in [0, 0.05) is 32.3 Å². The summed E-state index contributed by atoms with van der Waals surface area (Å²) in [5, 5.41) is 16.2. The molecule has 1 aromatic carbocycles. The van der Waals surface area contributed by atoms with Gasteiger partial charge in [-0.1, -0.05) is 6.92 Å². The fourth-order valence-corrected chi connectivity index (χ4v) is 3.40. The Morgan fingerprint density at radius 2 is 2.14 bits per heavy atom. The second kappa shape index (κ2) is 6.19. The molecule has 9 heteroatoms. The van der Waals surface area contributed by atoms with Gasteiger partial charge in [-0.3, -0.25) is 10.1 Å². The van der Waals surface area contributed by atoms with E-state index < -0.39 is 14.9 Å². The van der Waals surface area contributed by atoms with E-state index in [4.69, 9.17) is 9.88 Å². The van der Waals surface area contributed by atoms with Gasteiger partial charge in [0.25, 0.3) is 5.69 Å². The highest BCUT2D eigenvalue weighted by molar-refractivity contribution is 7.89. The van der Waals surface area contributed by atoms with E-state index in [2.05, 4.69) is 6.92 Å². The molecule has 0 spiro atoms. The van der Waals surface area contributed by atoms with Gasteiger partial charge in [0.1, 0.15) is 4.90 Å². The van der Waals surface area contributed by atoms with Crippen LogP contribution in [0, 0.1) is 16.0 Å². The molecule has 2 N–H and O–H groups in total. The maximum Gasteiger partial charge on any atom is 0.271 e. The van der Waals surface area contributed by atoms with Gasteiger partial charge in [0.2, 0.25) is 10.0 Å². The first-order valence-electron chi connectivity index (χ1n) is 6.83. The predicted octanol–water partition coefficient (Wildman–Crippen LogP) is 1.10. The second-order valence-electron chi connectivity index (χ2n) is 5.44. The summed E-state index contributed by atoms with van der Waals surface area (Å²) >= 11 is 0. The summed E-state index contributed by atoms with van der Waals surface area (Å²) in [4.78, 5) is 12.1. The highest BCUT2D eigenvalue weighted by Gasteiger charge is 2.30. The van der Waals surface area contributed by atoms with E-state index >= 15 is 0 Å². The number of primary sulfonamides is 1. The lowest BCUT2D eigenvalue weighted by Gasteiger charge is -2.38. The predicted molar refractivity (Wildman–Crippen MR) is 81.3 cm³/mol. The van der Waals surface area contributed by atoms with Crippen LogP contribution < -0.4 is 10.0 Å². The number of hydrogen-bond acceptors (Lipinski definition) is 6. The number of piperidine rings is 1. The average molecular weight is 329 g/mol. The molecule has 0 bridgehead atoms. The second-order valence-corrected chi connectivity index (χ2v) is 6.97. The van der Waals surface area contributed by atoms with Gasteiger partial charge in [-0.25, -0.2) is 13.6 Å². The minimum absolute atomic E-state index is 0.0682. The van der Waals surface area contributed by atoms with Crippen molar-refractivity contribution in [3.63, 3.8) is 0 Å². The van der Waals surface area contributed by atoms with Crippen molar-refractivity contribution in [1.82, 2.24) is 0 Å². The highest BCUT2D eigenvalue weighted by Crippen LogP contribution is 2.32. The van der Waals surface area contributed by atoms with Crippen molar-refractivity contribution in [2.45, 2.75) is 24.3 Å². The zero-order valence-electron chi connectivity index (χ0n) is 12.4. The van der Waals surface area contributed by atoms with Crippen molar-refractivity contribution in [2.24, 2.45) is 11.1 Å². The SMILES string of the molecule is COC1CN(c2cc([N+](=O)[O-])ccc2S(N)(=O)=O)CCC1C. The minimum atomic E-state index is -3.97. The Labute approximate surface area is 129 Å². The van der Waals surface area contributed by atoms with Crippen LogP contribution in [0.4, 0.5) is 11.4 Å². The van der Waals surface area contributed by atoms with Crippen molar-refractivity contribution >= 4 is 21.4 Å². The maximum absolute atomic E-state index is 11.7. The number of nitro groups is 1. The van der Waals surface area contributed by atoms with Crippen LogP contribution in [-0.4, -0.2) is 39.6 Å². The summed E-state index contributed by atoms with van der Waals surface area (Å²) in [6.45, 7) is 3.10. The molecule has 1 aliphatic rings. The lowest BCUT2D eigenvalue weighted by molar-refractivity contribution is -0.384. The van der Waals surface area contributed by atoms with Crippen LogP contribution in [0.3, 0.4) is 0 Å². The highest BCUT2D eigenvalue weighted by atomic mass is 32.2. The van der Waals surface area contributed by atoms with E-state index in [1.165, 1.54) is 12.1 Å². The Bertz CT molecular complexity index is 676. The van der Waals surface area contributed by atoms with E-state index in [1.54, 1.807) is 12.0 Å². The first kappa shape index (κ1) is 16.7. The van der Waals surface area contributed by atoms with Gasteiger partial charge in [0.15, 0.2) is 0 Å². The molecule has 2 atom stereocenters. The third-order valence-electron chi connectivity index (χ3n) is 3.99. The zero-order chi connectivity index (χ0) is 16.5. The quantitative estimate of drug-likeness (QED) is 0.653. The lowest BCUT2D eigenvalue weighted by atomic mass is 9.95. The van der Waals surface area contributed by atoms with E-state index in [1.807, 2.05) is 0 Å². The number of sulfonamides is 1. The molecule has 1 heterocycles. The lowest BCUT2D eigenvalue weighted by Crippen LogP contribution is -2.44. The summed E-state index contributed by atoms with van der Waals surface area (Å²) < 4.78 is 28.9. The molecule has 1 saturated heterocycles. The molecule has 22 heavy (non-hydrogen) atoms. The summed E-state index contributed by atoms with van der Waals surface area (Å²) in [7, 11) is -2.37. The van der Waals surface area contributed by atoms with E-state index in [0.29, 0.717) is 19.0 Å². The zero-order valence-corrected chi connectivity index (χ0v) is 13.2. The first-order chi connectivity index (χ1) is 10.2. The van der Waals surface area contributed by atoms with Gasteiger partial charge < -0.3 is 9.64 Å². The number of anilines is 1. The molecular formula is C13H19N3O5S. The van der Waals surface area contributed by atoms with Crippen molar-refractivity contribution in [1.29, 1.82) is 0 Å². The Balaban J connectivity index is 2.47. The van der Waals surface area contributed by atoms with Gasteiger partial charge in [-0.15, -0.1) is 0 Å². The molecule has 122 valence electrons. The van der Waals surface area contributed by atoms with E-state index in [9.17, 15) is 18.5 Å². The molecule has 1 aliphatic heterocycles. The fraction of sp³-hybridized carbons (Fsp3) is 0.538. The van der Waals surface area contributed by atoms with Gasteiger partial charge in [-0.2, -0.15) is 0 Å². The number of nitrogens with zero attached hydrogens (tertiary/aromatic N) is 2. The number of methoxy groups -OCH3 is 1. The molecule has 2 unspecified atom stereocenters. The van der Waals surface area contributed by atoms with Crippen molar-refractivity contribution in [3.8, 4) is 0 Å². The smallest absolute Gasteiger partial charge is 0.271 e. The molecule has 0 saturated carbocycles. The van der Waals surface area contributed by atoms with Crippen molar-refractivity contribution < 1.29 is 18.1 Å². The van der Waals surface area contributed by atoms with Gasteiger partial charge >= 0.3 is 0 Å². The third-order valence-corrected chi connectivity index (χ3v) is 4.95. The normalized spacial score (nSPS) is 22.6. The standard InChI is InChI=1S/C13H19N3O5S/c1-9-5-6-15(8-12(9)21-2)11-7-10(16(17)18)3-4-13(11)22(14,19)20/h3-4,7,9,12H,5-6,8H2,1-2H3,(H2,14,19,20). The molecule has 0 amide bonds. The maximum atomic E-state index is 11.7. The first-order valence-corrected chi connectivity index (χ1v) is 8.37. The number of ether oxygens (including phenoxy) is 1. The van der Waals surface area contributed by atoms with Crippen molar-refractivity contribution in [3.05, 3.63) is 28.3 Å². The molecule has 0 aromatic heterocycles. The number of non-ortho nitro benzene ring substituents is 1. The van der Waals surface area contributed by atoms with Gasteiger partial charge in [-0.05, 0) is 18.4 Å². The summed E-state index contributed by atoms with van der Waals surface area (Å²) in [6.07, 6.45) is 0.729. The molecular weight excluding hydrogens is 310 g/mol. The Morgan fingerprint density at radius 3 is 2.68 bits per heavy atom. The fourth-order valence-electron chi connectivity index (χ4n) is 2.67. The molecule has 8 nitrogen and oxygen atoms in total. The van der Waals surface area contributed by atoms with E-state index in [-0.39, 0.29) is 22.4 Å². The molecule has 0 radical (unpaired) electrons. The van der Waals surface area contributed by atoms with Crippen LogP contribution in [0.5, 0.6) is 0 Å². The molecule has 1 fully saturated rings. The number of hydrogen-bond donors (Lipinski definition) is 1. The van der Waals surface area contributed by atoms with Crippen molar-refractivity contribution in [2.75, 3.05) is 25.1 Å². The third kappa shape index (κ3) is 3.37. The summed E-state index contributed by atoms with van der Waals surface area (Å²) in [6, 6.07) is 3.58. The van der Waals surface area contributed by atoms with Crippen LogP contribution in [0.1, 0.15) is 13.3 Å². The van der Waals surface area contributed by atoms with E-state index in [0.717, 1.165) is 12.5 Å². The van der Waals surface area contributed by atoms with Crippen LogP contribution in [-0.2, 0) is 14.8 Å². The summed E-state index contributed by atoms with van der Waals surface area (Å²) in [5.41, 5.74) is 0.0839. The van der Waals surface area contributed by atoms with Crippen LogP contribution in [0.2, 0.25) is 0 Å². The minimum Gasteiger partial charge on any atom is -0.379 e. The number of nitro benzene ring substituents is 1. The Hall–Kier alpha value is -1.71. The van der Waals surface area contributed by atoms with Crippen LogP contribution >= 0.6 is 0 Å². The van der Waals surface area contributed by atoms with Crippen LogP contribution in [0.25, 0.3) is 0 Å². The topological polar surface area (TPSA) is 116 Å². The Kier molecular flexibility index (Phi) is 4.69. The number of benzene rings is 1. The number of rotatable bonds is 4. The Morgan fingerprint density at radius 1 is 1.45 bits per heavy atom. The number of nitrogens with two attached hydrogens (primary N) is 1. The van der Waals surface area contributed by atoms with Gasteiger partial charge in [0.05, 0.1) is 16.7 Å². The molecule has 2 rings (SSSR count). The monoisotopic (exact) mass is 329 g/mol. The summed E-state index contributed by atoms with van der Waals surface area (Å²) in [5.74, 6) is 0.331. The largest absolute Gasteiger partial charge is 0.379 e.